The van der Waals surface area contributed by atoms with Gasteiger partial charge in [0.15, 0.2) is 5.76 Å². The van der Waals surface area contributed by atoms with Crippen molar-refractivity contribution in [2.45, 2.75) is 58.0 Å². The minimum atomic E-state index is -0.269. The van der Waals surface area contributed by atoms with Crippen LogP contribution in [0.25, 0.3) is 0 Å². The number of hydrogen-bond acceptors (Lipinski definition) is 4. The largest absolute Gasteiger partial charge is 0.459 e. The molecule has 0 aromatic carbocycles. The number of aromatic nitrogens is 2. The van der Waals surface area contributed by atoms with E-state index in [0.717, 1.165) is 36.9 Å². The van der Waals surface area contributed by atoms with Crippen molar-refractivity contribution in [3.63, 3.8) is 0 Å². The van der Waals surface area contributed by atoms with E-state index in [-0.39, 0.29) is 23.3 Å². The van der Waals surface area contributed by atoms with Gasteiger partial charge in [-0.1, -0.05) is 13.3 Å². The molecule has 2 aromatic rings. The van der Waals surface area contributed by atoms with Crippen LogP contribution in [0.5, 0.6) is 0 Å². The van der Waals surface area contributed by atoms with E-state index in [2.05, 4.69) is 10.4 Å². The van der Waals surface area contributed by atoms with Gasteiger partial charge in [0.05, 0.1) is 18.5 Å². The Bertz CT molecular complexity index is 749. The second kappa shape index (κ2) is 7.47. The number of aryl methyl sites for hydroxylation is 2. The third kappa shape index (κ3) is 3.75. The summed E-state index contributed by atoms with van der Waals surface area (Å²) >= 11 is 0. The zero-order chi connectivity index (χ0) is 16.9. The van der Waals surface area contributed by atoms with E-state index in [4.69, 9.17) is 4.42 Å². The van der Waals surface area contributed by atoms with Crippen LogP contribution in [0, 0.1) is 0 Å². The quantitative estimate of drug-likeness (QED) is 0.854. The van der Waals surface area contributed by atoms with Crippen LogP contribution in [-0.4, -0.2) is 21.7 Å². The van der Waals surface area contributed by atoms with Crippen LogP contribution in [0.3, 0.4) is 0 Å². The number of nitrogens with zero attached hydrogens (tertiary/aromatic N) is 2. The Morgan fingerprint density at radius 3 is 2.96 bits per heavy atom. The van der Waals surface area contributed by atoms with Gasteiger partial charge in [-0.3, -0.25) is 9.59 Å². The summed E-state index contributed by atoms with van der Waals surface area (Å²) in [6.07, 6.45) is 7.45. The van der Waals surface area contributed by atoms with Gasteiger partial charge < -0.3 is 9.73 Å². The van der Waals surface area contributed by atoms with Gasteiger partial charge >= 0.3 is 0 Å². The van der Waals surface area contributed by atoms with E-state index < -0.39 is 0 Å². The molecular weight excluding hydrogens is 306 g/mol. The van der Waals surface area contributed by atoms with Crippen LogP contribution in [0.15, 0.2) is 33.7 Å². The van der Waals surface area contributed by atoms with Crippen molar-refractivity contribution in [3.05, 3.63) is 51.8 Å². The molecule has 128 valence electrons. The molecule has 0 unspecified atom stereocenters. The van der Waals surface area contributed by atoms with E-state index in [1.165, 1.54) is 17.4 Å². The maximum Gasteiger partial charge on any atom is 0.287 e. The monoisotopic (exact) mass is 329 g/mol. The van der Waals surface area contributed by atoms with Gasteiger partial charge in [0.25, 0.3) is 11.5 Å². The van der Waals surface area contributed by atoms with Gasteiger partial charge in [-0.25, -0.2) is 4.68 Å². The average molecular weight is 329 g/mol. The predicted molar refractivity (Wildman–Crippen MR) is 90.0 cm³/mol. The number of nitrogens with one attached hydrogen (secondary N) is 1. The maximum absolute atomic E-state index is 12.3. The molecule has 0 bridgehead atoms. The maximum atomic E-state index is 12.3. The molecule has 1 aliphatic rings. The summed E-state index contributed by atoms with van der Waals surface area (Å²) in [5.41, 5.74) is 2.02. The van der Waals surface area contributed by atoms with Crippen molar-refractivity contribution >= 4 is 5.91 Å². The zero-order valence-corrected chi connectivity index (χ0v) is 14.0. The number of hydrogen-bond donors (Lipinski definition) is 1. The van der Waals surface area contributed by atoms with E-state index in [0.29, 0.717) is 13.0 Å². The van der Waals surface area contributed by atoms with Crippen molar-refractivity contribution in [1.29, 1.82) is 0 Å². The molecule has 6 heteroatoms. The van der Waals surface area contributed by atoms with Crippen molar-refractivity contribution in [2.75, 3.05) is 0 Å². The third-order valence-corrected chi connectivity index (χ3v) is 4.49. The highest BCUT2D eigenvalue weighted by molar-refractivity contribution is 5.91. The lowest BCUT2D eigenvalue weighted by atomic mass is 10.1. The molecule has 0 radical (unpaired) electrons. The second-order valence-corrected chi connectivity index (χ2v) is 6.25. The standard InChI is InChI=1S/C18H23N3O3/c1-2-14(19-18(23)16-9-6-10-24-16)12-21-17(22)11-13-7-4-3-5-8-15(13)20-21/h6,9-11,14H,2-5,7-8,12H2,1H3,(H,19,23)/t14-/m0/s1. The average Bonchev–Trinajstić information content (AvgIpc) is 3.02. The molecule has 1 aliphatic carbocycles. The molecule has 24 heavy (non-hydrogen) atoms. The van der Waals surface area contributed by atoms with Crippen LogP contribution in [0.4, 0.5) is 0 Å². The topological polar surface area (TPSA) is 77.1 Å². The predicted octanol–water partition coefficient (Wildman–Crippen LogP) is 2.31. The Balaban J connectivity index is 1.75. The summed E-state index contributed by atoms with van der Waals surface area (Å²) in [7, 11) is 0. The molecule has 1 N–H and O–H groups in total. The molecule has 0 aliphatic heterocycles. The molecular formula is C18H23N3O3. The highest BCUT2D eigenvalue weighted by Gasteiger charge is 2.17. The Kier molecular flexibility index (Phi) is 5.13. The molecule has 3 rings (SSSR count). The molecule has 0 fully saturated rings. The number of fused-ring (bicyclic) bond motifs is 1. The summed E-state index contributed by atoms with van der Waals surface area (Å²) in [6, 6.07) is 4.84. The molecule has 0 spiro atoms. The summed E-state index contributed by atoms with van der Waals surface area (Å²) in [5, 5.41) is 7.46. The fourth-order valence-corrected chi connectivity index (χ4v) is 3.06. The fraction of sp³-hybridized carbons (Fsp3) is 0.500. The molecule has 0 saturated heterocycles. The van der Waals surface area contributed by atoms with Gasteiger partial charge in [-0.15, -0.1) is 0 Å². The highest BCUT2D eigenvalue weighted by Crippen LogP contribution is 2.17. The summed E-state index contributed by atoms with van der Waals surface area (Å²) in [6.45, 7) is 2.34. The number of rotatable bonds is 5. The lowest BCUT2D eigenvalue weighted by Gasteiger charge is -2.18. The Morgan fingerprint density at radius 1 is 1.38 bits per heavy atom. The van der Waals surface area contributed by atoms with E-state index >= 15 is 0 Å². The Labute approximate surface area is 140 Å². The lowest BCUT2D eigenvalue weighted by molar-refractivity contribution is 0.0902. The SMILES string of the molecule is CC[C@@H](Cn1nc2c(cc1=O)CCCCC2)NC(=O)c1ccco1. The number of amides is 1. The molecule has 1 atom stereocenters. The fourth-order valence-electron chi connectivity index (χ4n) is 3.06. The number of furan rings is 1. The van der Waals surface area contributed by atoms with Gasteiger partial charge in [0.2, 0.25) is 0 Å². The van der Waals surface area contributed by atoms with Crippen molar-refractivity contribution in [3.8, 4) is 0 Å². The summed E-state index contributed by atoms with van der Waals surface area (Å²) in [4.78, 5) is 24.5. The first-order valence-corrected chi connectivity index (χ1v) is 8.61. The molecule has 2 aromatic heterocycles. The third-order valence-electron chi connectivity index (χ3n) is 4.49. The van der Waals surface area contributed by atoms with Crippen LogP contribution >= 0.6 is 0 Å². The van der Waals surface area contributed by atoms with Gasteiger partial charge in [0, 0.05) is 12.1 Å². The first kappa shape index (κ1) is 16.5. The first-order valence-electron chi connectivity index (χ1n) is 8.61. The van der Waals surface area contributed by atoms with Crippen molar-refractivity contribution in [2.24, 2.45) is 0 Å². The van der Waals surface area contributed by atoms with Gasteiger partial charge in [-0.05, 0) is 49.8 Å². The summed E-state index contributed by atoms with van der Waals surface area (Å²) < 4.78 is 6.59. The highest BCUT2D eigenvalue weighted by atomic mass is 16.3. The lowest BCUT2D eigenvalue weighted by Crippen LogP contribution is -2.40. The molecule has 0 saturated carbocycles. The zero-order valence-electron chi connectivity index (χ0n) is 14.0. The van der Waals surface area contributed by atoms with Crippen LogP contribution in [0.2, 0.25) is 0 Å². The molecule has 6 nitrogen and oxygen atoms in total. The minimum absolute atomic E-state index is 0.0960. The van der Waals surface area contributed by atoms with E-state index in [1.54, 1.807) is 18.2 Å². The Morgan fingerprint density at radius 2 is 2.21 bits per heavy atom. The van der Waals surface area contributed by atoms with Gasteiger partial charge in [0.1, 0.15) is 0 Å². The van der Waals surface area contributed by atoms with Crippen LogP contribution < -0.4 is 10.9 Å². The number of carbonyl (C=O) groups excluding carboxylic acids is 1. The summed E-state index contributed by atoms with van der Waals surface area (Å²) in [5.74, 6) is 0.00495. The van der Waals surface area contributed by atoms with Crippen LogP contribution in [0.1, 0.15) is 54.4 Å². The van der Waals surface area contributed by atoms with Gasteiger partial charge in [-0.2, -0.15) is 5.10 Å². The molecule has 2 heterocycles. The van der Waals surface area contributed by atoms with Crippen LogP contribution in [-0.2, 0) is 19.4 Å². The van der Waals surface area contributed by atoms with Crippen molar-refractivity contribution < 1.29 is 9.21 Å². The second-order valence-electron chi connectivity index (χ2n) is 6.25. The molecule has 1 amide bonds. The van der Waals surface area contributed by atoms with E-state index in [9.17, 15) is 9.59 Å². The van der Waals surface area contributed by atoms with Crippen molar-refractivity contribution in [1.82, 2.24) is 15.1 Å². The Hall–Kier alpha value is -2.37. The van der Waals surface area contributed by atoms with E-state index in [1.807, 2.05) is 6.92 Å². The number of carbonyl (C=O) groups is 1. The smallest absolute Gasteiger partial charge is 0.287 e. The first-order chi connectivity index (χ1) is 11.7. The normalized spacial score (nSPS) is 15.4. The minimum Gasteiger partial charge on any atom is -0.459 e.